The zero-order valence-corrected chi connectivity index (χ0v) is 8.80. The highest BCUT2D eigenvalue weighted by Crippen LogP contribution is 2.07. The van der Waals surface area contributed by atoms with Crippen molar-refractivity contribution in [1.29, 1.82) is 0 Å². The van der Waals surface area contributed by atoms with E-state index in [1.165, 1.54) is 0 Å². The van der Waals surface area contributed by atoms with E-state index in [1.807, 2.05) is 4.98 Å². The molecule has 0 aromatic carbocycles. The van der Waals surface area contributed by atoms with E-state index in [1.54, 1.807) is 6.92 Å². The van der Waals surface area contributed by atoms with Gasteiger partial charge in [0, 0.05) is 0 Å². The quantitative estimate of drug-likeness (QED) is 0.735. The Morgan fingerprint density at radius 1 is 1.43 bits per heavy atom. The van der Waals surface area contributed by atoms with E-state index in [2.05, 4.69) is 25.7 Å². The van der Waals surface area contributed by atoms with Crippen molar-refractivity contribution in [2.24, 2.45) is 0 Å². The smallest absolute Gasteiger partial charge is 0.356 e. The Hall–Kier alpha value is -1.37. The van der Waals surface area contributed by atoms with E-state index in [0.29, 0.717) is 0 Å². The maximum absolute atomic E-state index is 11.2. The van der Waals surface area contributed by atoms with Gasteiger partial charge in [-0.05, 0) is 22.9 Å². The second-order valence-corrected chi connectivity index (χ2v) is 3.11. The lowest BCUT2D eigenvalue weighted by molar-refractivity contribution is 0.0517. The maximum Gasteiger partial charge on any atom is 0.356 e. The highest BCUT2D eigenvalue weighted by Gasteiger charge is 2.14. The van der Waals surface area contributed by atoms with Crippen molar-refractivity contribution >= 4 is 21.9 Å². The molecule has 0 aliphatic heterocycles. The number of hydrogen-bond acceptors (Lipinski definition) is 4. The van der Waals surface area contributed by atoms with Crippen molar-refractivity contribution < 1.29 is 9.53 Å². The Balaban J connectivity index is 3.27. The Morgan fingerprint density at radius 3 is 2.64 bits per heavy atom. The fourth-order valence-corrected chi connectivity index (χ4v) is 1.18. The summed E-state index contributed by atoms with van der Waals surface area (Å²) >= 11 is 2.87. The molecule has 1 heterocycles. The van der Waals surface area contributed by atoms with Gasteiger partial charge in [-0.2, -0.15) is 0 Å². The largest absolute Gasteiger partial charge is 0.461 e. The van der Waals surface area contributed by atoms with E-state index in [9.17, 15) is 14.4 Å². The van der Waals surface area contributed by atoms with E-state index < -0.39 is 17.2 Å². The van der Waals surface area contributed by atoms with Gasteiger partial charge in [0.2, 0.25) is 0 Å². The molecule has 7 heteroatoms. The van der Waals surface area contributed by atoms with Gasteiger partial charge >= 0.3 is 11.7 Å². The van der Waals surface area contributed by atoms with Crippen molar-refractivity contribution in [3.05, 3.63) is 31.0 Å². The molecular formula is C7H7BrN2O4. The predicted octanol–water partition coefficient (Wildman–Crippen LogP) is 0.00240. The van der Waals surface area contributed by atoms with E-state index in [-0.39, 0.29) is 16.8 Å². The molecule has 0 atom stereocenters. The minimum absolute atomic E-state index is 0.0458. The van der Waals surface area contributed by atoms with Gasteiger partial charge in [0.05, 0.1) is 6.61 Å². The molecule has 0 radical (unpaired) electrons. The van der Waals surface area contributed by atoms with Gasteiger partial charge in [-0.25, -0.2) is 9.59 Å². The lowest BCUT2D eigenvalue weighted by Gasteiger charge is -2.01. The number of nitrogens with one attached hydrogen (secondary N) is 2. The first kappa shape index (κ1) is 10.7. The topological polar surface area (TPSA) is 92.0 Å². The molecule has 0 spiro atoms. The Bertz CT molecular complexity index is 461. The molecule has 0 saturated carbocycles. The van der Waals surface area contributed by atoms with Crippen molar-refractivity contribution in [2.75, 3.05) is 6.61 Å². The van der Waals surface area contributed by atoms with Crippen LogP contribution in [0.15, 0.2) is 14.1 Å². The van der Waals surface area contributed by atoms with Crippen molar-refractivity contribution in [1.82, 2.24) is 9.97 Å². The molecule has 1 aromatic heterocycles. The van der Waals surface area contributed by atoms with E-state index in [4.69, 9.17) is 0 Å². The van der Waals surface area contributed by atoms with Crippen LogP contribution in [0.4, 0.5) is 0 Å². The lowest BCUT2D eigenvalue weighted by Crippen LogP contribution is -2.27. The second-order valence-electron chi connectivity index (χ2n) is 2.32. The summed E-state index contributed by atoms with van der Waals surface area (Å²) in [5, 5.41) is 0. The van der Waals surface area contributed by atoms with Crippen LogP contribution in [-0.2, 0) is 4.74 Å². The van der Waals surface area contributed by atoms with Gasteiger partial charge in [0.15, 0.2) is 0 Å². The minimum Gasteiger partial charge on any atom is -0.461 e. The molecule has 1 aromatic rings. The SMILES string of the molecule is CCOC(=O)c1[nH]c(=O)[nH]c(=O)c1Br. The van der Waals surface area contributed by atoms with Gasteiger partial charge in [-0.15, -0.1) is 0 Å². The molecule has 0 bridgehead atoms. The van der Waals surface area contributed by atoms with Crippen LogP contribution in [0.25, 0.3) is 0 Å². The number of carbonyl (C=O) groups excluding carboxylic acids is 1. The summed E-state index contributed by atoms with van der Waals surface area (Å²) in [6, 6.07) is 0. The van der Waals surface area contributed by atoms with Crippen LogP contribution in [0.3, 0.4) is 0 Å². The zero-order valence-electron chi connectivity index (χ0n) is 7.22. The normalized spacial score (nSPS) is 9.86. The number of rotatable bonds is 2. The summed E-state index contributed by atoms with van der Waals surface area (Å²) in [7, 11) is 0. The third-order valence-electron chi connectivity index (χ3n) is 1.36. The molecular weight excluding hydrogens is 256 g/mol. The lowest BCUT2D eigenvalue weighted by atomic mass is 10.4. The molecule has 76 valence electrons. The number of carbonyl (C=O) groups is 1. The number of esters is 1. The van der Waals surface area contributed by atoms with Crippen LogP contribution in [0.5, 0.6) is 0 Å². The van der Waals surface area contributed by atoms with Crippen molar-refractivity contribution in [3.63, 3.8) is 0 Å². The van der Waals surface area contributed by atoms with Crippen LogP contribution < -0.4 is 11.2 Å². The molecule has 0 aliphatic rings. The molecule has 6 nitrogen and oxygen atoms in total. The monoisotopic (exact) mass is 262 g/mol. The van der Waals surface area contributed by atoms with Gasteiger partial charge in [-0.1, -0.05) is 0 Å². The number of H-pyrrole nitrogens is 2. The average molecular weight is 263 g/mol. The van der Waals surface area contributed by atoms with Gasteiger partial charge < -0.3 is 9.72 Å². The summed E-state index contributed by atoms with van der Waals surface area (Å²) < 4.78 is 4.58. The minimum atomic E-state index is -0.749. The van der Waals surface area contributed by atoms with Crippen molar-refractivity contribution in [3.8, 4) is 0 Å². The average Bonchev–Trinajstić information content (AvgIpc) is 2.11. The number of aromatic amines is 2. The third-order valence-corrected chi connectivity index (χ3v) is 2.12. The maximum atomic E-state index is 11.2. The third kappa shape index (κ3) is 2.11. The van der Waals surface area contributed by atoms with Gasteiger partial charge in [0.1, 0.15) is 10.2 Å². The predicted molar refractivity (Wildman–Crippen MR) is 51.3 cm³/mol. The summed E-state index contributed by atoms with van der Waals surface area (Å²) in [6.45, 7) is 1.79. The Morgan fingerprint density at radius 2 is 2.07 bits per heavy atom. The first-order chi connectivity index (χ1) is 6.56. The number of halogens is 1. The summed E-state index contributed by atoms with van der Waals surface area (Å²) in [6.07, 6.45) is 0. The Kier molecular flexibility index (Phi) is 3.23. The van der Waals surface area contributed by atoms with Crippen molar-refractivity contribution in [2.45, 2.75) is 6.92 Å². The second kappa shape index (κ2) is 4.23. The zero-order chi connectivity index (χ0) is 10.7. The number of ether oxygens (including phenoxy) is 1. The molecule has 0 fully saturated rings. The highest BCUT2D eigenvalue weighted by atomic mass is 79.9. The van der Waals surface area contributed by atoms with Crippen LogP contribution in [0.1, 0.15) is 17.4 Å². The summed E-state index contributed by atoms with van der Waals surface area (Å²) in [5.41, 5.74) is -1.60. The summed E-state index contributed by atoms with van der Waals surface area (Å²) in [5.74, 6) is -0.748. The Labute approximate surface area is 86.4 Å². The van der Waals surface area contributed by atoms with Crippen LogP contribution >= 0.6 is 15.9 Å². The number of hydrogen-bond donors (Lipinski definition) is 2. The highest BCUT2D eigenvalue weighted by molar-refractivity contribution is 9.10. The van der Waals surface area contributed by atoms with E-state index in [0.717, 1.165) is 0 Å². The van der Waals surface area contributed by atoms with E-state index >= 15 is 0 Å². The van der Waals surface area contributed by atoms with Crippen LogP contribution in [0.2, 0.25) is 0 Å². The first-order valence-electron chi connectivity index (χ1n) is 3.75. The van der Waals surface area contributed by atoms with Gasteiger partial charge in [0.25, 0.3) is 5.56 Å². The van der Waals surface area contributed by atoms with Gasteiger partial charge in [-0.3, -0.25) is 9.78 Å². The van der Waals surface area contributed by atoms with Crippen LogP contribution in [-0.4, -0.2) is 22.5 Å². The number of aromatic nitrogens is 2. The standard InChI is InChI=1S/C7H7BrN2O4/c1-2-14-6(12)4-3(8)5(11)10-7(13)9-4/h2H2,1H3,(H2,9,10,11,13). The molecule has 2 N–H and O–H groups in total. The molecule has 1 rings (SSSR count). The molecule has 0 unspecified atom stereocenters. The summed E-state index contributed by atoms with van der Waals surface area (Å²) in [4.78, 5) is 37.2. The fourth-order valence-electron chi connectivity index (χ4n) is 0.815. The first-order valence-corrected chi connectivity index (χ1v) is 4.54. The fraction of sp³-hybridized carbons (Fsp3) is 0.286. The molecule has 0 saturated heterocycles. The molecule has 0 amide bonds. The molecule has 14 heavy (non-hydrogen) atoms. The van der Waals surface area contributed by atoms with Crippen LogP contribution in [0, 0.1) is 0 Å². The molecule has 0 aliphatic carbocycles.